The second kappa shape index (κ2) is 10.0. The van der Waals surface area contributed by atoms with Crippen LogP contribution in [-0.2, 0) is 0 Å². The zero-order valence-electron chi connectivity index (χ0n) is 18.8. The maximum Gasteiger partial charge on any atom is 0.157 e. The molecule has 0 amide bonds. The van der Waals surface area contributed by atoms with Crippen LogP contribution in [0.5, 0.6) is 0 Å². The van der Waals surface area contributed by atoms with Gasteiger partial charge in [0.2, 0.25) is 0 Å². The molecular weight excluding hydrogens is 444 g/mol. The number of rotatable bonds is 6. The van der Waals surface area contributed by atoms with Crippen LogP contribution in [0.1, 0.15) is 17.2 Å². The van der Waals surface area contributed by atoms with Crippen LogP contribution in [0.3, 0.4) is 0 Å². The van der Waals surface area contributed by atoms with Crippen LogP contribution >= 0.6 is 11.6 Å². The standard InChI is InChI=1S/C27H27ClN6/c28-22-12-7-13-23(18-22)33-14-16-34(17-15-33)27-24(29)26(30-19-31-27)32-25(20-8-3-1-4-9-20)21-10-5-2-6-11-21/h1-13,18-19,25H,14-17,29H2,(H,30,31,32). The largest absolute Gasteiger partial charge is 0.393 e. The van der Waals surface area contributed by atoms with E-state index in [4.69, 9.17) is 17.3 Å². The Hall–Kier alpha value is -3.77. The maximum atomic E-state index is 6.62. The average molecular weight is 471 g/mol. The van der Waals surface area contributed by atoms with E-state index in [1.165, 1.54) is 0 Å². The van der Waals surface area contributed by atoms with Gasteiger partial charge in [-0.25, -0.2) is 9.97 Å². The van der Waals surface area contributed by atoms with Gasteiger partial charge in [0, 0.05) is 36.9 Å². The van der Waals surface area contributed by atoms with Crippen molar-refractivity contribution in [2.45, 2.75) is 6.04 Å². The first-order valence-corrected chi connectivity index (χ1v) is 11.8. The molecule has 0 saturated carbocycles. The Kier molecular flexibility index (Phi) is 6.49. The summed E-state index contributed by atoms with van der Waals surface area (Å²) in [5.41, 5.74) is 10.6. The topological polar surface area (TPSA) is 70.3 Å². The molecule has 5 rings (SSSR count). The van der Waals surface area contributed by atoms with Crippen molar-refractivity contribution in [1.82, 2.24) is 9.97 Å². The fourth-order valence-corrected chi connectivity index (χ4v) is 4.57. The lowest BCUT2D eigenvalue weighted by Gasteiger charge is -2.37. The summed E-state index contributed by atoms with van der Waals surface area (Å²) in [7, 11) is 0. The van der Waals surface area contributed by atoms with E-state index in [2.05, 4.69) is 55.4 Å². The third kappa shape index (κ3) is 4.77. The van der Waals surface area contributed by atoms with Gasteiger partial charge in [-0.1, -0.05) is 78.3 Å². The quantitative estimate of drug-likeness (QED) is 0.401. The van der Waals surface area contributed by atoms with Crippen LogP contribution in [-0.4, -0.2) is 36.1 Å². The van der Waals surface area contributed by atoms with Gasteiger partial charge in [-0.05, 0) is 29.3 Å². The van der Waals surface area contributed by atoms with Gasteiger partial charge in [0.1, 0.15) is 12.0 Å². The first-order valence-electron chi connectivity index (χ1n) is 11.4. The number of nitrogens with one attached hydrogen (secondary N) is 1. The molecule has 1 fully saturated rings. The number of hydrogen-bond donors (Lipinski definition) is 2. The summed E-state index contributed by atoms with van der Waals surface area (Å²) in [6.45, 7) is 3.36. The molecule has 0 unspecified atom stereocenters. The van der Waals surface area contributed by atoms with Gasteiger partial charge in [-0.15, -0.1) is 0 Å². The first kappa shape index (κ1) is 22.0. The molecule has 0 spiro atoms. The van der Waals surface area contributed by atoms with E-state index in [0.717, 1.165) is 53.8 Å². The van der Waals surface area contributed by atoms with Gasteiger partial charge in [0.25, 0.3) is 0 Å². The minimum Gasteiger partial charge on any atom is -0.393 e. The normalized spacial score (nSPS) is 13.8. The molecule has 3 aromatic carbocycles. The molecule has 0 aliphatic carbocycles. The summed E-state index contributed by atoms with van der Waals surface area (Å²) >= 11 is 6.18. The van der Waals surface area contributed by atoms with Crippen molar-refractivity contribution in [3.8, 4) is 0 Å². The Bertz CT molecular complexity index is 1190. The van der Waals surface area contributed by atoms with E-state index in [1.54, 1.807) is 6.33 Å². The number of nitrogen functional groups attached to an aromatic ring is 1. The van der Waals surface area contributed by atoms with Crippen LogP contribution in [0.25, 0.3) is 0 Å². The first-order chi connectivity index (χ1) is 16.7. The third-order valence-electron chi connectivity index (χ3n) is 6.16. The second-order valence-corrected chi connectivity index (χ2v) is 8.75. The number of aromatic nitrogens is 2. The summed E-state index contributed by atoms with van der Waals surface area (Å²) in [5.74, 6) is 1.41. The highest BCUT2D eigenvalue weighted by Gasteiger charge is 2.23. The van der Waals surface area contributed by atoms with Crippen LogP contribution < -0.4 is 20.9 Å². The number of piperazine rings is 1. The van der Waals surface area contributed by atoms with E-state index in [0.29, 0.717) is 11.5 Å². The van der Waals surface area contributed by atoms with E-state index >= 15 is 0 Å². The SMILES string of the molecule is Nc1c(NC(c2ccccc2)c2ccccc2)ncnc1N1CCN(c2cccc(Cl)c2)CC1. The number of halogens is 1. The van der Waals surface area contributed by atoms with Gasteiger partial charge in [-0.3, -0.25) is 0 Å². The molecule has 34 heavy (non-hydrogen) atoms. The van der Waals surface area contributed by atoms with Crippen molar-refractivity contribution in [2.75, 3.05) is 47.0 Å². The fraction of sp³-hybridized carbons (Fsp3) is 0.185. The number of nitrogens with zero attached hydrogens (tertiary/aromatic N) is 4. The summed E-state index contributed by atoms with van der Waals surface area (Å²) in [4.78, 5) is 13.6. The highest BCUT2D eigenvalue weighted by Crippen LogP contribution is 2.32. The van der Waals surface area contributed by atoms with Gasteiger partial charge >= 0.3 is 0 Å². The molecule has 0 atom stereocenters. The molecule has 172 valence electrons. The lowest BCUT2D eigenvalue weighted by atomic mass is 9.99. The van der Waals surface area contributed by atoms with Gasteiger partial charge < -0.3 is 20.9 Å². The summed E-state index contributed by atoms with van der Waals surface area (Å²) < 4.78 is 0. The van der Waals surface area contributed by atoms with Crippen LogP contribution in [0, 0.1) is 0 Å². The van der Waals surface area contributed by atoms with Crippen molar-refractivity contribution in [1.29, 1.82) is 0 Å². The van der Waals surface area contributed by atoms with Gasteiger partial charge in [0.05, 0.1) is 6.04 Å². The van der Waals surface area contributed by atoms with Crippen molar-refractivity contribution in [2.24, 2.45) is 0 Å². The average Bonchev–Trinajstić information content (AvgIpc) is 2.89. The minimum absolute atomic E-state index is 0.0767. The predicted molar refractivity (Wildman–Crippen MR) is 141 cm³/mol. The lowest BCUT2D eigenvalue weighted by Crippen LogP contribution is -2.47. The molecule has 4 aromatic rings. The van der Waals surface area contributed by atoms with Crippen LogP contribution in [0.4, 0.5) is 23.0 Å². The monoisotopic (exact) mass is 470 g/mol. The molecule has 1 aliphatic rings. The molecule has 0 radical (unpaired) electrons. The van der Waals surface area contributed by atoms with Crippen LogP contribution in [0.15, 0.2) is 91.3 Å². The van der Waals surface area contributed by atoms with Crippen molar-refractivity contribution in [3.05, 3.63) is 107 Å². The van der Waals surface area contributed by atoms with Crippen molar-refractivity contribution < 1.29 is 0 Å². The highest BCUT2D eigenvalue weighted by atomic mass is 35.5. The van der Waals surface area contributed by atoms with E-state index in [9.17, 15) is 0 Å². The molecule has 1 aliphatic heterocycles. The number of nitrogens with two attached hydrogens (primary N) is 1. The smallest absolute Gasteiger partial charge is 0.157 e. The highest BCUT2D eigenvalue weighted by molar-refractivity contribution is 6.30. The Morgan fingerprint density at radius 1 is 0.765 bits per heavy atom. The van der Waals surface area contributed by atoms with Crippen LogP contribution in [0.2, 0.25) is 5.02 Å². The maximum absolute atomic E-state index is 6.62. The van der Waals surface area contributed by atoms with Crippen molar-refractivity contribution >= 4 is 34.6 Å². The summed E-state index contributed by atoms with van der Waals surface area (Å²) in [6, 6.07) is 28.6. The Labute approximate surface area is 205 Å². The number of hydrogen-bond acceptors (Lipinski definition) is 6. The molecule has 7 heteroatoms. The van der Waals surface area contributed by atoms with E-state index < -0.39 is 0 Å². The third-order valence-corrected chi connectivity index (χ3v) is 6.40. The number of anilines is 4. The van der Waals surface area contributed by atoms with Crippen molar-refractivity contribution in [3.63, 3.8) is 0 Å². The molecule has 1 saturated heterocycles. The van der Waals surface area contributed by atoms with E-state index in [1.807, 2.05) is 54.6 Å². The molecule has 2 heterocycles. The Morgan fingerprint density at radius 2 is 1.38 bits per heavy atom. The molecule has 6 nitrogen and oxygen atoms in total. The van der Waals surface area contributed by atoms with E-state index in [-0.39, 0.29) is 6.04 Å². The molecular formula is C27H27ClN6. The fourth-order valence-electron chi connectivity index (χ4n) is 4.39. The second-order valence-electron chi connectivity index (χ2n) is 8.31. The lowest BCUT2D eigenvalue weighted by molar-refractivity contribution is 0.647. The zero-order valence-corrected chi connectivity index (χ0v) is 19.6. The molecule has 3 N–H and O–H groups in total. The minimum atomic E-state index is -0.0767. The van der Waals surface area contributed by atoms with Gasteiger partial charge in [-0.2, -0.15) is 0 Å². The van der Waals surface area contributed by atoms with Gasteiger partial charge in [0.15, 0.2) is 11.6 Å². The molecule has 0 bridgehead atoms. The number of benzene rings is 3. The predicted octanol–water partition coefficient (Wildman–Crippen LogP) is 5.24. The Morgan fingerprint density at radius 3 is 2.00 bits per heavy atom. The zero-order chi connectivity index (χ0) is 23.3. The summed E-state index contributed by atoms with van der Waals surface area (Å²) in [6.07, 6.45) is 1.59. The summed E-state index contributed by atoms with van der Waals surface area (Å²) in [5, 5.41) is 4.32. The molecule has 1 aromatic heterocycles. The Balaban J connectivity index is 1.36.